The Morgan fingerprint density at radius 1 is 1.32 bits per heavy atom. The summed E-state index contributed by atoms with van der Waals surface area (Å²) in [6.07, 6.45) is 2.89. The molecule has 0 unspecified atom stereocenters. The van der Waals surface area contributed by atoms with E-state index in [9.17, 15) is 4.79 Å². The minimum absolute atomic E-state index is 0.445. The molecule has 0 atom stereocenters. The van der Waals surface area contributed by atoms with Crippen molar-refractivity contribution in [1.82, 2.24) is 14.8 Å². The summed E-state index contributed by atoms with van der Waals surface area (Å²) in [6.45, 7) is 6.08. The quantitative estimate of drug-likeness (QED) is 0.907. The molecule has 0 spiro atoms. The summed E-state index contributed by atoms with van der Waals surface area (Å²) < 4.78 is 6.97. The lowest BCUT2D eigenvalue weighted by Gasteiger charge is -2.19. The second-order valence-electron chi connectivity index (χ2n) is 5.86. The number of nitrogens with zero attached hydrogens (tertiary/aromatic N) is 3. The van der Waals surface area contributed by atoms with Crippen LogP contribution < -0.4 is 10.6 Å². The maximum Gasteiger partial charge on any atom is 0.413 e. The van der Waals surface area contributed by atoms with Crippen LogP contribution >= 0.6 is 0 Å². The lowest BCUT2D eigenvalue weighted by atomic mass is 10.2. The van der Waals surface area contributed by atoms with Crippen LogP contribution in [0.4, 0.5) is 16.3 Å². The van der Waals surface area contributed by atoms with Crippen molar-refractivity contribution in [2.24, 2.45) is 7.05 Å². The third kappa shape index (κ3) is 4.76. The molecule has 2 aromatic heterocycles. The van der Waals surface area contributed by atoms with Crippen molar-refractivity contribution < 1.29 is 9.53 Å². The van der Waals surface area contributed by atoms with Crippen LogP contribution in [0.25, 0.3) is 0 Å². The minimum Gasteiger partial charge on any atom is -0.444 e. The van der Waals surface area contributed by atoms with Gasteiger partial charge >= 0.3 is 6.09 Å². The lowest BCUT2D eigenvalue weighted by Crippen LogP contribution is -2.27. The summed E-state index contributed by atoms with van der Waals surface area (Å²) in [4.78, 5) is 15.8. The first-order chi connectivity index (χ1) is 10.3. The van der Waals surface area contributed by atoms with Gasteiger partial charge in [0.15, 0.2) is 0 Å². The fraction of sp³-hybridized carbons (Fsp3) is 0.400. The smallest absolute Gasteiger partial charge is 0.413 e. The number of hydrogen-bond donors (Lipinski definition) is 2. The summed E-state index contributed by atoms with van der Waals surface area (Å²) in [7, 11) is 1.89. The number of hydrogen-bond acceptors (Lipinski definition) is 5. The van der Waals surface area contributed by atoms with Gasteiger partial charge in [0.05, 0.1) is 24.1 Å². The zero-order valence-corrected chi connectivity index (χ0v) is 13.3. The minimum atomic E-state index is -0.533. The van der Waals surface area contributed by atoms with Gasteiger partial charge in [-0.2, -0.15) is 5.10 Å². The molecule has 7 nitrogen and oxygen atoms in total. The van der Waals surface area contributed by atoms with Gasteiger partial charge in [-0.15, -0.1) is 0 Å². The monoisotopic (exact) mass is 303 g/mol. The zero-order chi connectivity index (χ0) is 16.2. The van der Waals surface area contributed by atoms with E-state index in [-0.39, 0.29) is 0 Å². The molecule has 0 saturated heterocycles. The first-order valence-corrected chi connectivity index (χ1v) is 7.00. The summed E-state index contributed by atoms with van der Waals surface area (Å²) in [5, 5.41) is 9.93. The molecule has 0 saturated carbocycles. The van der Waals surface area contributed by atoms with Gasteiger partial charge < -0.3 is 10.1 Å². The zero-order valence-electron chi connectivity index (χ0n) is 13.3. The van der Waals surface area contributed by atoms with Gasteiger partial charge in [-0.05, 0) is 39.0 Å². The van der Waals surface area contributed by atoms with Crippen LogP contribution in [0.3, 0.4) is 0 Å². The molecule has 7 heteroatoms. The summed E-state index contributed by atoms with van der Waals surface area (Å²) >= 11 is 0. The summed E-state index contributed by atoms with van der Waals surface area (Å²) in [6, 6.07) is 5.50. The van der Waals surface area contributed by atoms with E-state index >= 15 is 0 Å². The molecule has 0 bridgehead atoms. The molecule has 0 aromatic carbocycles. The number of carbonyl (C=O) groups excluding carboxylic acids is 1. The number of nitrogens with one attached hydrogen (secondary N) is 2. The van der Waals surface area contributed by atoms with Crippen LogP contribution in [-0.4, -0.2) is 26.5 Å². The Bertz CT molecular complexity index is 628. The van der Waals surface area contributed by atoms with E-state index in [0.717, 1.165) is 11.4 Å². The Hall–Kier alpha value is -2.57. The fourth-order valence-corrected chi connectivity index (χ4v) is 1.75. The Balaban J connectivity index is 1.87. The fourth-order valence-electron chi connectivity index (χ4n) is 1.75. The van der Waals surface area contributed by atoms with Crippen molar-refractivity contribution in [2.75, 3.05) is 10.6 Å². The van der Waals surface area contributed by atoms with Crippen molar-refractivity contribution in [3.05, 3.63) is 36.3 Å². The standard InChI is InChI=1S/C15H21N5O2/c1-15(2,3)22-14(21)19-13-6-5-11(9-17-13)16-10-12-7-8-18-20(12)4/h5-9,16H,10H2,1-4H3,(H,17,19,21). The van der Waals surface area contributed by atoms with Crippen LogP contribution in [-0.2, 0) is 18.3 Å². The van der Waals surface area contributed by atoms with Gasteiger partial charge in [0.25, 0.3) is 0 Å². The van der Waals surface area contributed by atoms with Crippen molar-refractivity contribution in [3.63, 3.8) is 0 Å². The lowest BCUT2D eigenvalue weighted by molar-refractivity contribution is 0.0635. The van der Waals surface area contributed by atoms with Gasteiger partial charge in [0, 0.05) is 13.2 Å². The molecule has 118 valence electrons. The number of carbonyl (C=O) groups is 1. The maximum atomic E-state index is 11.6. The molecule has 0 aliphatic heterocycles. The van der Waals surface area contributed by atoms with E-state index in [4.69, 9.17) is 4.74 Å². The second-order valence-corrected chi connectivity index (χ2v) is 5.86. The number of rotatable bonds is 4. The Morgan fingerprint density at radius 2 is 2.09 bits per heavy atom. The maximum absolute atomic E-state index is 11.6. The largest absolute Gasteiger partial charge is 0.444 e. The normalized spacial score (nSPS) is 11.1. The van der Waals surface area contributed by atoms with E-state index < -0.39 is 11.7 Å². The molecule has 2 aromatic rings. The number of aromatic nitrogens is 3. The summed E-state index contributed by atoms with van der Waals surface area (Å²) in [5.74, 6) is 0.445. The SMILES string of the molecule is Cn1nccc1CNc1ccc(NC(=O)OC(C)(C)C)nc1. The van der Waals surface area contributed by atoms with E-state index in [1.54, 1.807) is 23.1 Å². The van der Waals surface area contributed by atoms with Crippen molar-refractivity contribution >= 4 is 17.6 Å². The number of pyridine rings is 1. The summed E-state index contributed by atoms with van der Waals surface area (Å²) in [5.41, 5.74) is 1.39. The van der Waals surface area contributed by atoms with E-state index in [0.29, 0.717) is 12.4 Å². The molecule has 2 N–H and O–H groups in total. The van der Waals surface area contributed by atoms with Crippen LogP contribution in [0.5, 0.6) is 0 Å². The van der Waals surface area contributed by atoms with Crippen LogP contribution in [0.15, 0.2) is 30.6 Å². The molecule has 2 rings (SSSR count). The van der Waals surface area contributed by atoms with E-state index in [1.165, 1.54) is 0 Å². The van der Waals surface area contributed by atoms with Gasteiger partial charge in [-0.25, -0.2) is 9.78 Å². The highest BCUT2D eigenvalue weighted by Crippen LogP contribution is 2.13. The van der Waals surface area contributed by atoms with Crippen LogP contribution in [0.1, 0.15) is 26.5 Å². The Kier molecular flexibility index (Phi) is 4.65. The highest BCUT2D eigenvalue weighted by molar-refractivity contribution is 5.83. The predicted octanol–water partition coefficient (Wildman–Crippen LogP) is 2.77. The van der Waals surface area contributed by atoms with Gasteiger partial charge in [-0.3, -0.25) is 10.00 Å². The second kappa shape index (κ2) is 6.46. The molecular weight excluding hydrogens is 282 g/mol. The Morgan fingerprint density at radius 3 is 2.64 bits per heavy atom. The highest BCUT2D eigenvalue weighted by Gasteiger charge is 2.16. The first-order valence-electron chi connectivity index (χ1n) is 7.00. The average molecular weight is 303 g/mol. The number of amides is 1. The van der Waals surface area contributed by atoms with Crippen LogP contribution in [0.2, 0.25) is 0 Å². The first kappa shape index (κ1) is 15.8. The van der Waals surface area contributed by atoms with Crippen molar-refractivity contribution in [2.45, 2.75) is 32.9 Å². The van der Waals surface area contributed by atoms with Crippen LogP contribution in [0, 0.1) is 0 Å². The van der Waals surface area contributed by atoms with E-state index in [1.807, 2.05) is 40.0 Å². The van der Waals surface area contributed by atoms with Gasteiger partial charge in [0.2, 0.25) is 0 Å². The predicted molar refractivity (Wildman–Crippen MR) is 84.6 cm³/mol. The third-order valence-electron chi connectivity index (χ3n) is 2.79. The van der Waals surface area contributed by atoms with Gasteiger partial charge in [-0.1, -0.05) is 0 Å². The average Bonchev–Trinajstić information content (AvgIpc) is 2.81. The molecule has 2 heterocycles. The molecule has 22 heavy (non-hydrogen) atoms. The van der Waals surface area contributed by atoms with E-state index in [2.05, 4.69) is 20.7 Å². The number of ether oxygens (including phenoxy) is 1. The Labute approximate surface area is 129 Å². The number of anilines is 2. The molecule has 1 amide bonds. The topological polar surface area (TPSA) is 81.1 Å². The van der Waals surface area contributed by atoms with Crippen molar-refractivity contribution in [1.29, 1.82) is 0 Å². The molecular formula is C15H21N5O2. The molecule has 0 fully saturated rings. The van der Waals surface area contributed by atoms with Gasteiger partial charge in [0.1, 0.15) is 11.4 Å². The third-order valence-corrected chi connectivity index (χ3v) is 2.79. The highest BCUT2D eigenvalue weighted by atomic mass is 16.6. The van der Waals surface area contributed by atoms with Crippen molar-refractivity contribution in [3.8, 4) is 0 Å². The molecule has 0 aliphatic rings. The number of aryl methyl sites for hydroxylation is 1. The molecule has 0 radical (unpaired) electrons. The molecule has 0 aliphatic carbocycles.